The van der Waals surface area contributed by atoms with Gasteiger partial charge in [0.1, 0.15) is 17.7 Å². The zero-order valence-corrected chi connectivity index (χ0v) is 15.6. The topological polar surface area (TPSA) is 96.3 Å². The highest BCUT2D eigenvalue weighted by molar-refractivity contribution is 6.46. The van der Waals surface area contributed by atoms with Gasteiger partial charge in [-0.25, -0.2) is 9.69 Å². The van der Waals surface area contributed by atoms with E-state index in [1.54, 1.807) is 44.2 Å². The molecule has 0 saturated carbocycles. The van der Waals surface area contributed by atoms with Crippen LogP contribution in [0.5, 0.6) is 0 Å². The first-order valence-corrected chi connectivity index (χ1v) is 8.57. The van der Waals surface area contributed by atoms with Crippen LogP contribution >= 0.6 is 0 Å². The van der Waals surface area contributed by atoms with Crippen LogP contribution in [0, 0.1) is 5.92 Å². The first-order chi connectivity index (χ1) is 12.7. The van der Waals surface area contributed by atoms with E-state index in [0.29, 0.717) is 5.69 Å². The van der Waals surface area contributed by atoms with Gasteiger partial charge in [0.25, 0.3) is 5.91 Å². The zero-order chi connectivity index (χ0) is 19.9. The number of anilines is 1. The number of carbonyl (C=O) groups is 4. The van der Waals surface area contributed by atoms with E-state index in [2.05, 4.69) is 5.10 Å². The second kappa shape index (κ2) is 6.61. The average molecular weight is 371 g/mol. The molecule has 1 saturated heterocycles. The van der Waals surface area contributed by atoms with Gasteiger partial charge in [0.15, 0.2) is 5.71 Å². The number of ether oxygens (including phenoxy) is 1. The Kier molecular flexibility index (Phi) is 4.59. The predicted octanol–water partition coefficient (Wildman–Crippen LogP) is 1.15. The first-order valence-electron chi connectivity index (χ1n) is 8.57. The summed E-state index contributed by atoms with van der Waals surface area (Å²) in [6.07, 6.45) is 0.112. The third-order valence-electron chi connectivity index (χ3n) is 4.76. The molecule has 0 radical (unpaired) electrons. The number of ketones is 1. The summed E-state index contributed by atoms with van der Waals surface area (Å²) in [4.78, 5) is 51.2. The van der Waals surface area contributed by atoms with Crippen LogP contribution < -0.4 is 4.90 Å². The van der Waals surface area contributed by atoms with Crippen LogP contribution in [0.4, 0.5) is 5.69 Å². The van der Waals surface area contributed by atoms with Gasteiger partial charge < -0.3 is 4.74 Å². The molecule has 27 heavy (non-hydrogen) atoms. The molecule has 1 aromatic rings. The number of para-hydroxylation sites is 1. The summed E-state index contributed by atoms with van der Waals surface area (Å²) >= 11 is 0. The summed E-state index contributed by atoms with van der Waals surface area (Å²) in [6.45, 7) is 4.94. The molecule has 142 valence electrons. The van der Waals surface area contributed by atoms with Gasteiger partial charge in [0.2, 0.25) is 5.91 Å². The molecule has 0 N–H and O–H groups in total. The van der Waals surface area contributed by atoms with E-state index in [0.717, 1.165) is 4.90 Å². The Morgan fingerprint density at radius 1 is 1.15 bits per heavy atom. The number of amides is 2. The summed E-state index contributed by atoms with van der Waals surface area (Å²) in [5.74, 6) is -2.91. The smallest absolute Gasteiger partial charge is 0.355 e. The maximum Gasteiger partial charge on any atom is 0.355 e. The number of carbonyl (C=O) groups excluding carboxylic acids is 4. The lowest BCUT2D eigenvalue weighted by molar-refractivity contribution is -0.133. The van der Waals surface area contributed by atoms with Gasteiger partial charge in [0, 0.05) is 6.42 Å². The number of benzene rings is 1. The molecule has 8 heteroatoms. The molecule has 8 nitrogen and oxygen atoms in total. The minimum Gasteiger partial charge on any atom is -0.464 e. The van der Waals surface area contributed by atoms with Crippen LogP contribution in [0.1, 0.15) is 27.2 Å². The fraction of sp³-hybridized carbons (Fsp3) is 0.421. The Balaban J connectivity index is 2.07. The number of nitrogens with zero attached hydrogens (tertiary/aromatic N) is 3. The number of hydrogen-bond donors (Lipinski definition) is 0. The van der Waals surface area contributed by atoms with E-state index in [-0.39, 0.29) is 17.9 Å². The van der Waals surface area contributed by atoms with E-state index in [4.69, 9.17) is 4.74 Å². The van der Waals surface area contributed by atoms with Crippen molar-refractivity contribution in [3.05, 3.63) is 30.3 Å². The van der Waals surface area contributed by atoms with Crippen molar-refractivity contribution in [1.82, 2.24) is 5.01 Å². The van der Waals surface area contributed by atoms with Crippen molar-refractivity contribution >= 4 is 35.0 Å². The van der Waals surface area contributed by atoms with Crippen LogP contribution in [-0.4, -0.2) is 53.0 Å². The Morgan fingerprint density at radius 2 is 1.78 bits per heavy atom. The van der Waals surface area contributed by atoms with E-state index >= 15 is 0 Å². The number of hydrazone groups is 1. The van der Waals surface area contributed by atoms with Gasteiger partial charge >= 0.3 is 5.97 Å². The van der Waals surface area contributed by atoms with E-state index in [1.165, 1.54) is 19.0 Å². The van der Waals surface area contributed by atoms with E-state index < -0.39 is 35.3 Å². The summed E-state index contributed by atoms with van der Waals surface area (Å²) < 4.78 is 4.76. The maximum absolute atomic E-state index is 13.2. The summed E-state index contributed by atoms with van der Waals surface area (Å²) in [5, 5.41) is 5.66. The van der Waals surface area contributed by atoms with Crippen LogP contribution in [0.3, 0.4) is 0 Å². The molecule has 0 aromatic heterocycles. The van der Waals surface area contributed by atoms with Gasteiger partial charge in [0.05, 0.1) is 18.3 Å². The van der Waals surface area contributed by atoms with Gasteiger partial charge in [-0.1, -0.05) is 18.2 Å². The number of hydrogen-bond acceptors (Lipinski definition) is 7. The molecule has 0 unspecified atom stereocenters. The van der Waals surface area contributed by atoms with E-state index in [9.17, 15) is 19.2 Å². The highest BCUT2D eigenvalue weighted by atomic mass is 16.5. The van der Waals surface area contributed by atoms with Crippen LogP contribution in [0.15, 0.2) is 35.4 Å². The van der Waals surface area contributed by atoms with E-state index in [1.807, 2.05) is 0 Å². The van der Waals surface area contributed by atoms with Crippen molar-refractivity contribution in [2.45, 2.75) is 38.8 Å². The second-order valence-corrected chi connectivity index (χ2v) is 7.28. The SMILES string of the molecule is COC(=O)C1=NN(C(C)(C)CC(C)=O)[C@@H]2C(=O)N(c3ccccc3)C(=O)[C@H]12. The molecule has 3 rings (SSSR count). The minimum absolute atomic E-state index is 0.0880. The molecular formula is C19H21N3O5. The lowest BCUT2D eigenvalue weighted by atomic mass is 9.92. The summed E-state index contributed by atoms with van der Waals surface area (Å²) in [5.41, 5.74) is -0.543. The standard InChI is InChI=1S/C19H21N3O5/c1-11(23)10-19(2,3)22-15-13(14(20-22)18(26)27-4)16(24)21(17(15)25)12-8-6-5-7-9-12/h5-9,13,15H,10H2,1-4H3/t13-,15+/m1/s1. The fourth-order valence-corrected chi connectivity index (χ4v) is 3.72. The second-order valence-electron chi connectivity index (χ2n) is 7.28. The number of esters is 1. The maximum atomic E-state index is 13.2. The quantitative estimate of drug-likeness (QED) is 0.569. The molecule has 0 bridgehead atoms. The monoisotopic (exact) mass is 371 g/mol. The van der Waals surface area contributed by atoms with Crippen molar-refractivity contribution in [2.24, 2.45) is 11.0 Å². The number of methoxy groups -OCH3 is 1. The van der Waals surface area contributed by atoms with Crippen molar-refractivity contribution in [3.8, 4) is 0 Å². The van der Waals surface area contributed by atoms with Gasteiger partial charge in [-0.15, -0.1) is 0 Å². The molecule has 1 fully saturated rings. The Hall–Kier alpha value is -3.03. The number of imide groups is 1. The third-order valence-corrected chi connectivity index (χ3v) is 4.76. The molecule has 1 aromatic carbocycles. The van der Waals surface area contributed by atoms with Crippen LogP contribution in [-0.2, 0) is 23.9 Å². The zero-order valence-electron chi connectivity index (χ0n) is 15.6. The van der Waals surface area contributed by atoms with Crippen molar-refractivity contribution < 1.29 is 23.9 Å². The molecule has 2 aliphatic rings. The molecule has 0 aliphatic carbocycles. The highest BCUT2D eigenvalue weighted by Crippen LogP contribution is 2.39. The minimum atomic E-state index is -1.06. The molecular weight excluding hydrogens is 350 g/mol. The van der Waals surface area contributed by atoms with Gasteiger partial charge in [-0.05, 0) is 32.9 Å². The normalized spacial score (nSPS) is 22.0. The lowest BCUT2D eigenvalue weighted by Crippen LogP contribution is -2.50. The number of fused-ring (bicyclic) bond motifs is 1. The summed E-state index contributed by atoms with van der Waals surface area (Å²) in [6, 6.07) is 7.53. The van der Waals surface area contributed by atoms with Crippen LogP contribution in [0.2, 0.25) is 0 Å². The predicted molar refractivity (Wildman–Crippen MR) is 96.9 cm³/mol. The molecule has 2 aliphatic heterocycles. The lowest BCUT2D eigenvalue weighted by Gasteiger charge is -2.36. The largest absolute Gasteiger partial charge is 0.464 e. The first kappa shape index (κ1) is 18.8. The summed E-state index contributed by atoms with van der Waals surface area (Å²) in [7, 11) is 1.19. The third kappa shape index (κ3) is 3.01. The average Bonchev–Trinajstić information content (AvgIpc) is 3.12. The Labute approximate surface area is 156 Å². The molecule has 2 amide bonds. The molecule has 0 spiro atoms. The number of rotatable bonds is 5. The Bertz CT molecular complexity index is 846. The highest BCUT2D eigenvalue weighted by Gasteiger charge is 2.60. The number of Topliss-reactive ketones (excluding diaryl/α,β-unsaturated/α-hetero) is 1. The van der Waals surface area contributed by atoms with Gasteiger partial charge in [-0.2, -0.15) is 5.10 Å². The Morgan fingerprint density at radius 3 is 2.33 bits per heavy atom. The van der Waals surface area contributed by atoms with Crippen molar-refractivity contribution in [3.63, 3.8) is 0 Å². The molecule has 2 atom stereocenters. The van der Waals surface area contributed by atoms with Gasteiger partial charge in [-0.3, -0.25) is 19.4 Å². The van der Waals surface area contributed by atoms with Crippen LogP contribution in [0.25, 0.3) is 0 Å². The van der Waals surface area contributed by atoms with Crippen molar-refractivity contribution in [1.29, 1.82) is 0 Å². The van der Waals surface area contributed by atoms with Crippen molar-refractivity contribution in [2.75, 3.05) is 12.0 Å². The molecule has 2 heterocycles. The fourth-order valence-electron chi connectivity index (χ4n) is 3.72.